The van der Waals surface area contributed by atoms with Gasteiger partial charge in [0.2, 0.25) is 0 Å². The first-order valence-corrected chi connectivity index (χ1v) is 7.67. The number of unbranched alkanes of at least 4 members (excludes halogenated alkanes) is 1. The van der Waals surface area contributed by atoms with E-state index in [-0.39, 0.29) is 18.3 Å². The van der Waals surface area contributed by atoms with Gasteiger partial charge in [0.1, 0.15) is 0 Å². The molecule has 0 N–H and O–H groups in total. The molecular weight excluding hydrogens is 272 g/mol. The summed E-state index contributed by atoms with van der Waals surface area (Å²) in [5.41, 5.74) is 0. The van der Waals surface area contributed by atoms with Gasteiger partial charge >= 0.3 is 11.9 Å². The molecule has 1 aliphatic rings. The van der Waals surface area contributed by atoms with Gasteiger partial charge in [-0.2, -0.15) is 0 Å². The minimum Gasteiger partial charge on any atom is -0.463 e. The van der Waals surface area contributed by atoms with E-state index < -0.39 is 11.9 Å². The van der Waals surface area contributed by atoms with Crippen molar-refractivity contribution >= 4 is 17.7 Å². The van der Waals surface area contributed by atoms with Gasteiger partial charge in [-0.05, 0) is 19.3 Å². The third-order valence-electron chi connectivity index (χ3n) is 3.51. The maximum Gasteiger partial charge on any atom is 0.331 e. The molecule has 1 aliphatic carbocycles. The van der Waals surface area contributed by atoms with E-state index in [1.807, 2.05) is 6.92 Å². The summed E-state index contributed by atoms with van der Waals surface area (Å²) < 4.78 is 9.70. The maximum absolute atomic E-state index is 11.8. The highest BCUT2D eigenvalue weighted by Gasteiger charge is 2.21. The number of carbonyl (C=O) groups is 3. The molecule has 0 aromatic rings. The van der Waals surface area contributed by atoms with Crippen molar-refractivity contribution in [1.29, 1.82) is 0 Å². The molecule has 0 aromatic carbocycles. The number of carbonyl (C=O) groups excluding carboxylic acids is 3. The lowest BCUT2D eigenvalue weighted by Gasteiger charge is -2.19. The Morgan fingerprint density at radius 2 is 1.62 bits per heavy atom. The number of hydrogen-bond acceptors (Lipinski definition) is 5. The van der Waals surface area contributed by atoms with Crippen LogP contribution in [-0.4, -0.2) is 30.9 Å². The fraction of sp³-hybridized carbons (Fsp3) is 0.688. The average molecular weight is 296 g/mol. The fourth-order valence-electron chi connectivity index (χ4n) is 2.23. The number of Topliss-reactive ketones (excluding diaryl/α,β-unsaturated/α-hetero) is 1. The molecule has 1 rings (SSSR count). The molecule has 0 bridgehead atoms. The Labute approximate surface area is 125 Å². The van der Waals surface area contributed by atoms with E-state index in [9.17, 15) is 14.4 Å². The third-order valence-corrected chi connectivity index (χ3v) is 3.51. The van der Waals surface area contributed by atoms with Crippen molar-refractivity contribution in [3.8, 4) is 0 Å². The molecule has 118 valence electrons. The highest BCUT2D eigenvalue weighted by molar-refractivity contribution is 5.93. The Balaban J connectivity index is 2.20. The lowest BCUT2D eigenvalue weighted by Crippen LogP contribution is -2.23. The number of ketones is 1. The zero-order chi connectivity index (χ0) is 15.5. The minimum absolute atomic E-state index is 0.0227. The van der Waals surface area contributed by atoms with Crippen molar-refractivity contribution in [1.82, 2.24) is 0 Å². The summed E-state index contributed by atoms with van der Waals surface area (Å²) in [5.74, 6) is -1.26. The molecule has 5 nitrogen and oxygen atoms in total. The zero-order valence-corrected chi connectivity index (χ0v) is 12.6. The van der Waals surface area contributed by atoms with Crippen LogP contribution in [0.1, 0.15) is 51.9 Å². The van der Waals surface area contributed by atoms with Crippen molar-refractivity contribution in [2.24, 2.45) is 5.92 Å². The molecule has 0 atom stereocenters. The second-order valence-corrected chi connectivity index (χ2v) is 5.26. The van der Waals surface area contributed by atoms with Crippen LogP contribution in [0.5, 0.6) is 0 Å². The van der Waals surface area contributed by atoms with Crippen LogP contribution in [0.4, 0.5) is 0 Å². The first kappa shape index (κ1) is 17.4. The van der Waals surface area contributed by atoms with E-state index in [4.69, 9.17) is 9.47 Å². The molecule has 21 heavy (non-hydrogen) atoms. The largest absolute Gasteiger partial charge is 0.463 e. The first-order chi connectivity index (χ1) is 10.1. The first-order valence-electron chi connectivity index (χ1n) is 7.67. The summed E-state index contributed by atoms with van der Waals surface area (Å²) in [6.07, 6.45) is 8.83. The molecule has 0 radical (unpaired) electrons. The second kappa shape index (κ2) is 10.1. The smallest absolute Gasteiger partial charge is 0.331 e. The number of rotatable bonds is 8. The van der Waals surface area contributed by atoms with E-state index in [2.05, 4.69) is 0 Å². The minimum atomic E-state index is -0.688. The van der Waals surface area contributed by atoms with Crippen molar-refractivity contribution in [3.05, 3.63) is 12.2 Å². The lowest BCUT2D eigenvalue weighted by atomic mass is 9.86. The second-order valence-electron chi connectivity index (χ2n) is 5.26. The van der Waals surface area contributed by atoms with Gasteiger partial charge in [0.15, 0.2) is 12.4 Å². The Morgan fingerprint density at radius 3 is 2.24 bits per heavy atom. The summed E-state index contributed by atoms with van der Waals surface area (Å²) in [6.45, 7) is 2.12. The van der Waals surface area contributed by atoms with Crippen LogP contribution in [0, 0.1) is 5.92 Å². The SMILES string of the molecule is CCCCOC(=O)/C=C/C(=O)OCC(=O)C1CCCCC1. The quantitative estimate of drug-likeness (QED) is 0.391. The Kier molecular flexibility index (Phi) is 8.40. The van der Waals surface area contributed by atoms with E-state index in [1.54, 1.807) is 0 Å². The van der Waals surface area contributed by atoms with E-state index in [0.717, 1.165) is 50.7 Å². The van der Waals surface area contributed by atoms with Gasteiger partial charge in [0.25, 0.3) is 0 Å². The summed E-state index contributed by atoms with van der Waals surface area (Å²) in [6, 6.07) is 0. The molecule has 0 amide bonds. The van der Waals surface area contributed by atoms with Crippen LogP contribution < -0.4 is 0 Å². The third kappa shape index (κ3) is 7.63. The number of hydrogen-bond donors (Lipinski definition) is 0. The highest BCUT2D eigenvalue weighted by Crippen LogP contribution is 2.24. The molecule has 1 fully saturated rings. The zero-order valence-electron chi connectivity index (χ0n) is 12.6. The maximum atomic E-state index is 11.8. The van der Waals surface area contributed by atoms with Crippen LogP contribution in [0.2, 0.25) is 0 Å². The van der Waals surface area contributed by atoms with Crippen LogP contribution in [-0.2, 0) is 23.9 Å². The van der Waals surface area contributed by atoms with E-state index in [0.29, 0.717) is 6.61 Å². The highest BCUT2D eigenvalue weighted by atomic mass is 16.5. The Morgan fingerprint density at radius 1 is 1.00 bits per heavy atom. The van der Waals surface area contributed by atoms with Crippen molar-refractivity contribution in [2.45, 2.75) is 51.9 Å². The average Bonchev–Trinajstić information content (AvgIpc) is 2.51. The Bertz CT molecular complexity index is 380. The summed E-state index contributed by atoms with van der Waals surface area (Å²) >= 11 is 0. The molecule has 0 unspecified atom stereocenters. The molecule has 0 saturated heterocycles. The predicted octanol–water partition coefficient (Wildman–Crippen LogP) is 2.58. The molecule has 1 saturated carbocycles. The van der Waals surface area contributed by atoms with Gasteiger partial charge in [-0.1, -0.05) is 32.6 Å². The molecule has 5 heteroatoms. The van der Waals surface area contributed by atoms with Crippen LogP contribution in [0.25, 0.3) is 0 Å². The summed E-state index contributed by atoms with van der Waals surface area (Å²) in [7, 11) is 0. The van der Waals surface area contributed by atoms with Gasteiger partial charge in [0, 0.05) is 18.1 Å². The Hall–Kier alpha value is -1.65. The predicted molar refractivity (Wildman–Crippen MR) is 77.5 cm³/mol. The van der Waals surface area contributed by atoms with Gasteiger partial charge in [-0.3, -0.25) is 4.79 Å². The van der Waals surface area contributed by atoms with Crippen molar-refractivity contribution in [2.75, 3.05) is 13.2 Å². The fourth-order valence-corrected chi connectivity index (χ4v) is 2.23. The van der Waals surface area contributed by atoms with E-state index >= 15 is 0 Å². The topological polar surface area (TPSA) is 69.7 Å². The van der Waals surface area contributed by atoms with Crippen LogP contribution >= 0.6 is 0 Å². The molecule has 0 aliphatic heterocycles. The monoisotopic (exact) mass is 296 g/mol. The lowest BCUT2D eigenvalue weighted by molar-refractivity contribution is -0.145. The van der Waals surface area contributed by atoms with Crippen LogP contribution in [0.15, 0.2) is 12.2 Å². The van der Waals surface area contributed by atoms with Gasteiger partial charge < -0.3 is 9.47 Å². The van der Waals surface area contributed by atoms with Crippen molar-refractivity contribution < 1.29 is 23.9 Å². The van der Waals surface area contributed by atoms with Gasteiger partial charge in [-0.15, -0.1) is 0 Å². The number of esters is 2. The number of ether oxygens (including phenoxy) is 2. The van der Waals surface area contributed by atoms with Crippen molar-refractivity contribution in [3.63, 3.8) is 0 Å². The molecular formula is C16H24O5. The van der Waals surface area contributed by atoms with Gasteiger partial charge in [0.05, 0.1) is 6.61 Å². The standard InChI is InChI=1S/C16H24O5/c1-2-3-11-20-15(18)9-10-16(19)21-12-14(17)13-7-5-4-6-8-13/h9-10,13H,2-8,11-12H2,1H3/b10-9+. The van der Waals surface area contributed by atoms with Gasteiger partial charge in [-0.25, -0.2) is 9.59 Å². The molecule has 0 aromatic heterocycles. The molecule has 0 spiro atoms. The molecule has 0 heterocycles. The van der Waals surface area contributed by atoms with Crippen LogP contribution in [0.3, 0.4) is 0 Å². The summed E-state index contributed by atoms with van der Waals surface area (Å²) in [4.78, 5) is 34.4. The van der Waals surface area contributed by atoms with E-state index in [1.165, 1.54) is 6.42 Å². The normalized spacial score (nSPS) is 15.9. The summed E-state index contributed by atoms with van der Waals surface area (Å²) in [5, 5.41) is 0.